The second-order valence-corrected chi connectivity index (χ2v) is 6.65. The van der Waals surface area contributed by atoms with Crippen LogP contribution in [0, 0.1) is 0 Å². The van der Waals surface area contributed by atoms with Crippen LogP contribution in [0.4, 0.5) is 0 Å². The summed E-state index contributed by atoms with van der Waals surface area (Å²) in [5.74, 6) is -0.411. The lowest BCUT2D eigenvalue weighted by Crippen LogP contribution is -2.29. The molecule has 0 saturated heterocycles. The Morgan fingerprint density at radius 2 is 1.85 bits per heavy atom. The molecule has 0 fully saturated rings. The molecule has 4 rings (SSSR count). The van der Waals surface area contributed by atoms with E-state index < -0.39 is 11.5 Å². The van der Waals surface area contributed by atoms with Gasteiger partial charge >= 0.3 is 0 Å². The summed E-state index contributed by atoms with van der Waals surface area (Å²) in [6, 6.07) is 18.8. The van der Waals surface area contributed by atoms with Gasteiger partial charge < -0.3 is 10.3 Å². The number of nitrogens with one attached hydrogen (secondary N) is 2. The number of carbonyl (C=O) groups excluding carboxylic acids is 1. The Hall–Kier alpha value is -3.25. The van der Waals surface area contributed by atoms with E-state index in [1.807, 2.05) is 53.9 Å². The molecule has 4 aromatic rings. The zero-order valence-electron chi connectivity index (χ0n) is 13.7. The Bertz CT molecular complexity index is 1130. The van der Waals surface area contributed by atoms with Crippen LogP contribution in [-0.4, -0.2) is 15.9 Å². The van der Waals surface area contributed by atoms with Crippen LogP contribution in [0.1, 0.15) is 16.1 Å². The van der Waals surface area contributed by atoms with E-state index in [-0.39, 0.29) is 12.1 Å². The van der Waals surface area contributed by atoms with E-state index in [0.29, 0.717) is 5.52 Å². The lowest BCUT2D eigenvalue weighted by Gasteiger charge is -2.04. The molecule has 2 heterocycles. The predicted molar refractivity (Wildman–Crippen MR) is 103 cm³/mol. The summed E-state index contributed by atoms with van der Waals surface area (Å²) in [4.78, 5) is 31.8. The van der Waals surface area contributed by atoms with E-state index in [9.17, 15) is 9.59 Å². The van der Waals surface area contributed by atoms with Gasteiger partial charge in [0, 0.05) is 16.5 Å². The summed E-state index contributed by atoms with van der Waals surface area (Å²) in [6.07, 6.45) is 0. The molecule has 0 aliphatic heterocycles. The first-order chi connectivity index (χ1) is 12.7. The van der Waals surface area contributed by atoms with Crippen molar-refractivity contribution >= 4 is 28.1 Å². The van der Waals surface area contributed by atoms with Crippen LogP contribution >= 0.6 is 11.3 Å². The van der Waals surface area contributed by atoms with Crippen LogP contribution in [0.5, 0.6) is 0 Å². The van der Waals surface area contributed by atoms with Crippen molar-refractivity contribution in [2.45, 2.75) is 6.54 Å². The summed E-state index contributed by atoms with van der Waals surface area (Å²) in [5.41, 5.74) is 2.22. The molecular formula is C20H15N3O2S. The van der Waals surface area contributed by atoms with Crippen molar-refractivity contribution in [3.05, 3.63) is 87.7 Å². The van der Waals surface area contributed by atoms with E-state index in [1.165, 1.54) is 11.3 Å². The Labute approximate surface area is 153 Å². The number of pyridine rings is 1. The van der Waals surface area contributed by atoms with Gasteiger partial charge in [0.2, 0.25) is 0 Å². The molecule has 0 unspecified atom stereocenters. The highest BCUT2D eigenvalue weighted by atomic mass is 32.1. The van der Waals surface area contributed by atoms with Crippen LogP contribution < -0.4 is 10.9 Å². The lowest BCUT2D eigenvalue weighted by molar-refractivity contribution is 0.0949. The molecule has 0 aliphatic rings. The number of thiazole rings is 1. The highest BCUT2D eigenvalue weighted by Crippen LogP contribution is 2.23. The molecule has 0 atom stereocenters. The maximum Gasteiger partial charge on any atom is 0.261 e. The highest BCUT2D eigenvalue weighted by molar-refractivity contribution is 7.13. The fourth-order valence-electron chi connectivity index (χ4n) is 2.68. The first-order valence-electron chi connectivity index (χ1n) is 8.11. The summed E-state index contributed by atoms with van der Waals surface area (Å²) < 4.78 is 0. The monoisotopic (exact) mass is 361 g/mol. The fraction of sp³-hybridized carbons (Fsp3) is 0.0500. The quantitative estimate of drug-likeness (QED) is 0.583. The molecule has 0 bridgehead atoms. The number of aromatic amines is 1. The molecule has 6 heteroatoms. The van der Waals surface area contributed by atoms with Gasteiger partial charge in [-0.1, -0.05) is 48.5 Å². The number of carbonyl (C=O) groups is 1. The van der Waals surface area contributed by atoms with Gasteiger partial charge in [-0.05, 0) is 17.5 Å². The van der Waals surface area contributed by atoms with Gasteiger partial charge in [0.05, 0.1) is 12.2 Å². The zero-order valence-corrected chi connectivity index (χ0v) is 14.5. The van der Waals surface area contributed by atoms with Gasteiger partial charge in [0.1, 0.15) is 10.6 Å². The van der Waals surface area contributed by atoms with Crippen molar-refractivity contribution in [1.29, 1.82) is 0 Å². The molecule has 2 aromatic carbocycles. The van der Waals surface area contributed by atoms with Crippen LogP contribution in [0.15, 0.2) is 70.8 Å². The third-order valence-corrected chi connectivity index (χ3v) is 4.94. The molecule has 2 aromatic heterocycles. The van der Waals surface area contributed by atoms with Crippen molar-refractivity contribution in [1.82, 2.24) is 15.3 Å². The van der Waals surface area contributed by atoms with Crippen LogP contribution in [-0.2, 0) is 6.54 Å². The van der Waals surface area contributed by atoms with Crippen molar-refractivity contribution in [2.24, 2.45) is 0 Å². The van der Waals surface area contributed by atoms with Crippen molar-refractivity contribution in [3.63, 3.8) is 0 Å². The summed E-state index contributed by atoms with van der Waals surface area (Å²) >= 11 is 1.52. The van der Waals surface area contributed by atoms with E-state index in [1.54, 1.807) is 12.1 Å². The zero-order chi connectivity index (χ0) is 17.9. The molecule has 1 amide bonds. The Kier molecular flexibility index (Phi) is 4.33. The summed E-state index contributed by atoms with van der Waals surface area (Å²) in [6.45, 7) is 0.272. The molecule has 0 radical (unpaired) electrons. The number of hydrogen-bond donors (Lipinski definition) is 2. The van der Waals surface area contributed by atoms with E-state index in [0.717, 1.165) is 21.7 Å². The minimum Gasteiger partial charge on any atom is -0.346 e. The average Bonchev–Trinajstić information content (AvgIpc) is 3.15. The molecule has 128 valence electrons. The number of rotatable bonds is 4. The lowest BCUT2D eigenvalue weighted by atomic mass is 10.1. The summed E-state index contributed by atoms with van der Waals surface area (Å²) in [5, 5.41) is 6.40. The minimum atomic E-state index is -0.411. The summed E-state index contributed by atoms with van der Waals surface area (Å²) in [7, 11) is 0. The van der Waals surface area contributed by atoms with Crippen molar-refractivity contribution in [2.75, 3.05) is 0 Å². The highest BCUT2D eigenvalue weighted by Gasteiger charge is 2.12. The fourth-order valence-corrected chi connectivity index (χ4v) is 3.51. The molecule has 0 spiro atoms. The minimum absolute atomic E-state index is 0.0993. The van der Waals surface area contributed by atoms with Crippen LogP contribution in [0.2, 0.25) is 0 Å². The standard InChI is InChI=1S/C20H15N3O2S/c24-18(16-10-14-8-4-5-9-17(14)23-19(16)25)21-11-15-12-26-20(22-15)13-6-2-1-3-7-13/h1-10,12H,11H2,(H,21,24)(H,23,25). The Morgan fingerprint density at radius 3 is 2.69 bits per heavy atom. The smallest absolute Gasteiger partial charge is 0.261 e. The first kappa shape index (κ1) is 16.2. The normalized spacial score (nSPS) is 10.8. The SMILES string of the molecule is O=C(NCc1csc(-c2ccccc2)n1)c1cc2ccccc2[nH]c1=O. The van der Waals surface area contributed by atoms with Gasteiger partial charge in [0.25, 0.3) is 11.5 Å². The average molecular weight is 361 g/mol. The number of para-hydroxylation sites is 1. The second kappa shape index (κ2) is 6.93. The Balaban J connectivity index is 1.50. The number of benzene rings is 2. The first-order valence-corrected chi connectivity index (χ1v) is 8.99. The number of nitrogens with zero attached hydrogens (tertiary/aromatic N) is 1. The van der Waals surface area contributed by atoms with Gasteiger partial charge in [-0.15, -0.1) is 11.3 Å². The van der Waals surface area contributed by atoms with Gasteiger partial charge in [-0.25, -0.2) is 4.98 Å². The topological polar surface area (TPSA) is 74.8 Å². The van der Waals surface area contributed by atoms with Crippen molar-refractivity contribution < 1.29 is 4.79 Å². The number of H-pyrrole nitrogens is 1. The third kappa shape index (κ3) is 3.27. The maximum atomic E-state index is 12.4. The van der Waals surface area contributed by atoms with Crippen molar-refractivity contribution in [3.8, 4) is 10.6 Å². The van der Waals surface area contributed by atoms with Gasteiger partial charge in [-0.2, -0.15) is 0 Å². The molecule has 0 aliphatic carbocycles. The second-order valence-electron chi connectivity index (χ2n) is 5.79. The largest absolute Gasteiger partial charge is 0.346 e. The molecular weight excluding hydrogens is 346 g/mol. The molecule has 0 saturated carbocycles. The number of fused-ring (bicyclic) bond motifs is 1. The number of aromatic nitrogens is 2. The Morgan fingerprint density at radius 1 is 1.08 bits per heavy atom. The number of amides is 1. The predicted octanol–water partition coefficient (Wildman–Crippen LogP) is 3.58. The van der Waals surface area contributed by atoms with E-state index >= 15 is 0 Å². The molecule has 2 N–H and O–H groups in total. The number of hydrogen-bond acceptors (Lipinski definition) is 4. The van der Waals surface area contributed by atoms with Crippen LogP contribution in [0.25, 0.3) is 21.5 Å². The van der Waals surface area contributed by atoms with E-state index in [2.05, 4.69) is 15.3 Å². The van der Waals surface area contributed by atoms with Gasteiger partial charge in [-0.3, -0.25) is 9.59 Å². The van der Waals surface area contributed by atoms with E-state index in [4.69, 9.17) is 0 Å². The maximum absolute atomic E-state index is 12.4. The molecule has 26 heavy (non-hydrogen) atoms. The molecule has 5 nitrogen and oxygen atoms in total. The third-order valence-electron chi connectivity index (χ3n) is 4.00. The van der Waals surface area contributed by atoms with Gasteiger partial charge in [0.15, 0.2) is 0 Å². The van der Waals surface area contributed by atoms with Crippen LogP contribution in [0.3, 0.4) is 0 Å².